The van der Waals surface area contributed by atoms with E-state index in [-0.39, 0.29) is 11.5 Å². The van der Waals surface area contributed by atoms with Gasteiger partial charge in [-0.15, -0.1) is 0 Å². The van der Waals surface area contributed by atoms with Crippen LogP contribution < -0.4 is 9.64 Å². The molecule has 0 amide bonds. The van der Waals surface area contributed by atoms with E-state index in [2.05, 4.69) is 40.9 Å². The van der Waals surface area contributed by atoms with Gasteiger partial charge in [-0.3, -0.25) is 9.79 Å². The van der Waals surface area contributed by atoms with Crippen molar-refractivity contribution in [3.05, 3.63) is 83.9 Å². The van der Waals surface area contributed by atoms with Crippen LogP contribution in [0.4, 0.5) is 17.1 Å². The molecule has 0 saturated heterocycles. The second-order valence-corrected chi connectivity index (χ2v) is 7.29. The van der Waals surface area contributed by atoms with Gasteiger partial charge >= 0.3 is 0 Å². The number of para-hydroxylation sites is 1. The predicted molar refractivity (Wildman–Crippen MR) is 134 cm³/mol. The highest BCUT2D eigenvalue weighted by molar-refractivity contribution is 6.65. The monoisotopic (exact) mass is 427 g/mol. The van der Waals surface area contributed by atoms with Crippen LogP contribution in [0.15, 0.2) is 82.8 Å². The molecule has 0 aromatic heterocycles. The summed E-state index contributed by atoms with van der Waals surface area (Å²) in [6.45, 7) is 8.20. The molecule has 0 bridgehead atoms. The Morgan fingerprint density at radius 1 is 0.969 bits per heavy atom. The van der Waals surface area contributed by atoms with Gasteiger partial charge in [-0.2, -0.15) is 0 Å². The Morgan fingerprint density at radius 2 is 1.66 bits per heavy atom. The topological polar surface area (TPSA) is 54.3 Å². The van der Waals surface area contributed by atoms with E-state index in [1.54, 1.807) is 37.6 Å². The summed E-state index contributed by atoms with van der Waals surface area (Å²) in [5.41, 5.74) is 4.52. The molecule has 0 radical (unpaired) electrons. The maximum absolute atomic E-state index is 13.2. The molecule has 0 atom stereocenters. The molecule has 164 valence electrons. The summed E-state index contributed by atoms with van der Waals surface area (Å²) in [6, 6.07) is 22.6. The standard InChI is InChI=1S/C27H29N3O2/c1-5-30(6-2)23-14-17-25(20(3)18-23)28-19-26(29-22-10-8-7-9-11-22)27(31)21-12-15-24(32-4)16-13-21/h7-19H,5-6H2,1-4H3. The molecule has 32 heavy (non-hydrogen) atoms. The first-order chi connectivity index (χ1) is 15.5. The van der Waals surface area contributed by atoms with E-state index in [0.29, 0.717) is 17.0 Å². The number of aryl methyl sites for hydroxylation is 1. The Kier molecular flexibility index (Phi) is 7.92. The van der Waals surface area contributed by atoms with Gasteiger partial charge in [-0.1, -0.05) is 18.2 Å². The third kappa shape index (κ3) is 5.70. The van der Waals surface area contributed by atoms with Gasteiger partial charge in [-0.25, -0.2) is 4.99 Å². The second-order valence-electron chi connectivity index (χ2n) is 7.29. The molecule has 0 aliphatic heterocycles. The number of anilines is 1. The largest absolute Gasteiger partial charge is 0.497 e. The zero-order valence-corrected chi connectivity index (χ0v) is 19.1. The molecule has 0 N–H and O–H groups in total. The van der Waals surface area contributed by atoms with Gasteiger partial charge in [0.2, 0.25) is 5.78 Å². The minimum atomic E-state index is -0.197. The van der Waals surface area contributed by atoms with E-state index < -0.39 is 0 Å². The Morgan fingerprint density at radius 3 is 2.25 bits per heavy atom. The van der Waals surface area contributed by atoms with Crippen LogP contribution in [-0.2, 0) is 0 Å². The smallest absolute Gasteiger partial charge is 0.212 e. The number of hydrogen-bond donors (Lipinski definition) is 0. The lowest BCUT2D eigenvalue weighted by molar-refractivity contribution is 0.106. The number of rotatable bonds is 9. The number of hydrogen-bond acceptors (Lipinski definition) is 5. The minimum absolute atomic E-state index is 0.197. The summed E-state index contributed by atoms with van der Waals surface area (Å²) in [5.74, 6) is 0.498. The first-order valence-corrected chi connectivity index (χ1v) is 10.8. The Labute approximate surface area is 190 Å². The average molecular weight is 428 g/mol. The number of benzene rings is 3. The molecule has 0 aliphatic carbocycles. The molecule has 0 heterocycles. The number of ketones is 1. The molecule has 0 unspecified atom stereocenters. The van der Waals surface area contributed by atoms with Gasteiger partial charge < -0.3 is 9.64 Å². The van der Waals surface area contributed by atoms with Crippen molar-refractivity contribution >= 4 is 34.8 Å². The molecule has 0 fully saturated rings. The third-order valence-corrected chi connectivity index (χ3v) is 5.23. The average Bonchev–Trinajstić information content (AvgIpc) is 2.83. The number of aliphatic imine (C=N–C) groups is 2. The van der Waals surface area contributed by atoms with E-state index in [0.717, 1.165) is 24.3 Å². The minimum Gasteiger partial charge on any atom is -0.497 e. The molecule has 3 aromatic carbocycles. The number of nitrogens with zero attached hydrogens (tertiary/aromatic N) is 3. The molecular formula is C27H29N3O2. The fourth-order valence-electron chi connectivity index (χ4n) is 3.37. The van der Waals surface area contributed by atoms with Crippen LogP contribution in [0.1, 0.15) is 29.8 Å². The van der Waals surface area contributed by atoms with Crippen molar-refractivity contribution in [1.29, 1.82) is 0 Å². The maximum Gasteiger partial charge on any atom is 0.212 e. The lowest BCUT2D eigenvalue weighted by Gasteiger charge is -2.21. The maximum atomic E-state index is 13.2. The van der Waals surface area contributed by atoms with Crippen molar-refractivity contribution in [3.8, 4) is 5.75 Å². The normalized spacial score (nSPS) is 11.6. The highest BCUT2D eigenvalue weighted by atomic mass is 16.5. The first kappa shape index (κ1) is 22.9. The summed E-state index contributed by atoms with van der Waals surface area (Å²) in [4.78, 5) is 24.7. The zero-order chi connectivity index (χ0) is 22.9. The van der Waals surface area contributed by atoms with E-state index in [9.17, 15) is 4.79 Å². The SMILES string of the molecule is CCN(CC)c1ccc(N=CC(=Nc2ccccc2)C(=O)c2ccc(OC)cc2)c(C)c1. The fraction of sp³-hybridized carbons (Fsp3) is 0.222. The number of methoxy groups -OCH3 is 1. The van der Waals surface area contributed by atoms with Crippen molar-refractivity contribution in [1.82, 2.24) is 0 Å². The zero-order valence-electron chi connectivity index (χ0n) is 19.1. The summed E-state index contributed by atoms with van der Waals surface area (Å²) in [5, 5.41) is 0. The van der Waals surface area contributed by atoms with E-state index in [1.165, 1.54) is 5.69 Å². The van der Waals surface area contributed by atoms with Gasteiger partial charge in [0, 0.05) is 24.3 Å². The third-order valence-electron chi connectivity index (χ3n) is 5.23. The Bertz CT molecular complexity index is 1100. The Balaban J connectivity index is 1.94. The highest BCUT2D eigenvalue weighted by Crippen LogP contribution is 2.25. The van der Waals surface area contributed by atoms with Crippen LogP contribution in [0, 0.1) is 6.92 Å². The van der Waals surface area contributed by atoms with Crippen LogP contribution in [-0.4, -0.2) is 37.9 Å². The molecule has 3 aromatic rings. The van der Waals surface area contributed by atoms with Gasteiger partial charge in [0.15, 0.2) is 0 Å². The van der Waals surface area contributed by atoms with E-state index in [1.807, 2.05) is 43.3 Å². The number of Topliss-reactive ketones (excluding diaryl/α,β-unsaturated/α-hetero) is 1. The van der Waals surface area contributed by atoms with E-state index in [4.69, 9.17) is 4.74 Å². The predicted octanol–water partition coefficient (Wildman–Crippen LogP) is 6.21. The highest BCUT2D eigenvalue weighted by Gasteiger charge is 2.13. The van der Waals surface area contributed by atoms with Crippen LogP contribution in [0.25, 0.3) is 0 Å². The van der Waals surface area contributed by atoms with Gasteiger partial charge in [0.1, 0.15) is 11.5 Å². The van der Waals surface area contributed by atoms with Crippen LogP contribution in [0.2, 0.25) is 0 Å². The summed E-state index contributed by atoms with van der Waals surface area (Å²) in [7, 11) is 1.60. The molecule has 3 rings (SSSR count). The van der Waals surface area contributed by atoms with Crippen molar-refractivity contribution in [2.24, 2.45) is 9.98 Å². The fourth-order valence-corrected chi connectivity index (χ4v) is 3.37. The van der Waals surface area contributed by atoms with Crippen molar-refractivity contribution < 1.29 is 9.53 Å². The van der Waals surface area contributed by atoms with Crippen LogP contribution >= 0.6 is 0 Å². The summed E-state index contributed by atoms with van der Waals surface area (Å²) in [6.07, 6.45) is 1.55. The molecule has 5 heteroatoms. The second kappa shape index (κ2) is 11.0. The van der Waals surface area contributed by atoms with Gasteiger partial charge in [-0.05, 0) is 80.9 Å². The number of carbonyl (C=O) groups excluding carboxylic acids is 1. The van der Waals surface area contributed by atoms with Crippen molar-refractivity contribution in [2.75, 3.05) is 25.1 Å². The lowest BCUT2D eigenvalue weighted by Crippen LogP contribution is -2.21. The Hall–Kier alpha value is -3.73. The van der Waals surface area contributed by atoms with Crippen molar-refractivity contribution in [3.63, 3.8) is 0 Å². The molecule has 0 aliphatic rings. The van der Waals surface area contributed by atoms with E-state index >= 15 is 0 Å². The molecule has 0 spiro atoms. The van der Waals surface area contributed by atoms with Crippen molar-refractivity contribution in [2.45, 2.75) is 20.8 Å². The summed E-state index contributed by atoms with van der Waals surface area (Å²) < 4.78 is 5.19. The molecule has 0 saturated carbocycles. The first-order valence-electron chi connectivity index (χ1n) is 10.8. The molecular weight excluding hydrogens is 398 g/mol. The van der Waals surface area contributed by atoms with Gasteiger partial charge in [0.05, 0.1) is 24.7 Å². The number of carbonyl (C=O) groups is 1. The van der Waals surface area contributed by atoms with Gasteiger partial charge in [0.25, 0.3) is 0 Å². The molecule has 5 nitrogen and oxygen atoms in total. The van der Waals surface area contributed by atoms with Crippen LogP contribution in [0.3, 0.4) is 0 Å². The van der Waals surface area contributed by atoms with Crippen LogP contribution in [0.5, 0.6) is 5.75 Å². The summed E-state index contributed by atoms with van der Waals surface area (Å²) >= 11 is 0. The quantitative estimate of drug-likeness (QED) is 0.301. The lowest BCUT2D eigenvalue weighted by atomic mass is 10.1. The number of ether oxygens (including phenoxy) is 1.